The number of nitrogens with two attached hydrogens (primary N) is 1. The average molecular weight is 396 g/mol. The van der Waals surface area contributed by atoms with E-state index in [2.05, 4.69) is 24.0 Å². The number of pyridine rings is 1. The number of carbonyl (C=O) groups is 1. The second kappa shape index (κ2) is 9.91. The van der Waals surface area contributed by atoms with Gasteiger partial charge in [0, 0.05) is 35.6 Å². The molecule has 1 aromatic heterocycles. The van der Waals surface area contributed by atoms with Gasteiger partial charge in [0.1, 0.15) is 12.4 Å². The van der Waals surface area contributed by atoms with Crippen LogP contribution in [0.5, 0.6) is 5.75 Å². The van der Waals surface area contributed by atoms with E-state index in [9.17, 15) is 4.79 Å². The first kappa shape index (κ1) is 20.6. The Morgan fingerprint density at radius 1 is 1.24 bits per heavy atom. The molecule has 0 spiro atoms. The van der Waals surface area contributed by atoms with E-state index in [0.29, 0.717) is 17.9 Å². The van der Waals surface area contributed by atoms with Gasteiger partial charge >= 0.3 is 0 Å². The van der Waals surface area contributed by atoms with E-state index in [-0.39, 0.29) is 30.4 Å². The highest BCUT2D eigenvalue weighted by atomic mass is 16.6. The standard InChI is InChI=1S/C22H28N4O3/c1-16-6-3-7-17(2)26(16)21(27)15-29-25-22(23)19-9-4-10-20(12-19)28-14-18-8-5-11-24-13-18/h4-5,8-13,16-17H,3,6-7,14-15H2,1-2H3,(H2,23,25). The lowest BCUT2D eigenvalue weighted by molar-refractivity contribution is -0.142. The third-order valence-electron chi connectivity index (χ3n) is 5.09. The van der Waals surface area contributed by atoms with Crippen LogP contribution in [0.4, 0.5) is 0 Å². The summed E-state index contributed by atoms with van der Waals surface area (Å²) in [5.74, 6) is 0.802. The summed E-state index contributed by atoms with van der Waals surface area (Å²) in [7, 11) is 0. The topological polar surface area (TPSA) is 90.0 Å². The zero-order chi connectivity index (χ0) is 20.6. The van der Waals surface area contributed by atoms with Gasteiger partial charge in [-0.05, 0) is 51.3 Å². The quantitative estimate of drug-likeness (QED) is 0.441. The zero-order valence-corrected chi connectivity index (χ0v) is 17.0. The second-order valence-corrected chi connectivity index (χ2v) is 7.36. The van der Waals surface area contributed by atoms with Gasteiger partial charge in [-0.15, -0.1) is 0 Å². The molecule has 7 nitrogen and oxygen atoms in total. The normalized spacial score (nSPS) is 19.7. The van der Waals surface area contributed by atoms with E-state index in [1.807, 2.05) is 35.2 Å². The summed E-state index contributed by atoms with van der Waals surface area (Å²) in [6.07, 6.45) is 6.67. The van der Waals surface area contributed by atoms with Gasteiger partial charge < -0.3 is 20.2 Å². The van der Waals surface area contributed by atoms with Crippen LogP contribution in [0.1, 0.15) is 44.2 Å². The van der Waals surface area contributed by atoms with Crippen molar-refractivity contribution in [3.63, 3.8) is 0 Å². The second-order valence-electron chi connectivity index (χ2n) is 7.36. The maximum Gasteiger partial charge on any atom is 0.263 e. The minimum absolute atomic E-state index is 0.0604. The molecule has 2 aromatic rings. The summed E-state index contributed by atoms with van der Waals surface area (Å²) in [5.41, 5.74) is 7.67. The number of carbonyl (C=O) groups excluding carboxylic acids is 1. The molecule has 1 fully saturated rings. The molecule has 1 aromatic carbocycles. The van der Waals surface area contributed by atoms with Gasteiger partial charge in [0.25, 0.3) is 5.91 Å². The van der Waals surface area contributed by atoms with Crippen LogP contribution in [0, 0.1) is 0 Å². The van der Waals surface area contributed by atoms with E-state index in [4.69, 9.17) is 15.3 Å². The number of oxime groups is 1. The third-order valence-corrected chi connectivity index (χ3v) is 5.09. The summed E-state index contributed by atoms with van der Waals surface area (Å²) in [5, 5.41) is 3.92. The van der Waals surface area contributed by atoms with E-state index in [1.165, 1.54) is 0 Å². The van der Waals surface area contributed by atoms with Crippen molar-refractivity contribution < 1.29 is 14.4 Å². The minimum Gasteiger partial charge on any atom is -0.489 e. The molecule has 2 heterocycles. The SMILES string of the molecule is CC1CCCC(C)N1C(=O)CON=C(N)c1cccc(OCc2cccnc2)c1. The molecule has 3 rings (SSSR count). The minimum atomic E-state index is -0.118. The number of amidine groups is 1. The van der Waals surface area contributed by atoms with E-state index < -0.39 is 0 Å². The van der Waals surface area contributed by atoms with E-state index >= 15 is 0 Å². The maximum absolute atomic E-state index is 12.5. The molecule has 1 amide bonds. The summed E-state index contributed by atoms with van der Waals surface area (Å²) >= 11 is 0. The molecular formula is C22H28N4O3. The molecule has 1 saturated heterocycles. The monoisotopic (exact) mass is 396 g/mol. The number of hydrogen-bond acceptors (Lipinski definition) is 5. The maximum atomic E-state index is 12.5. The van der Waals surface area contributed by atoms with Crippen molar-refractivity contribution in [3.8, 4) is 5.75 Å². The lowest BCUT2D eigenvalue weighted by atomic mass is 9.97. The Morgan fingerprint density at radius 3 is 2.76 bits per heavy atom. The van der Waals surface area contributed by atoms with Crippen molar-refractivity contribution in [2.24, 2.45) is 10.9 Å². The molecule has 0 bridgehead atoms. The highest BCUT2D eigenvalue weighted by molar-refractivity contribution is 5.97. The van der Waals surface area contributed by atoms with Crippen LogP contribution in [-0.4, -0.2) is 40.3 Å². The van der Waals surface area contributed by atoms with Crippen LogP contribution in [-0.2, 0) is 16.2 Å². The first-order chi connectivity index (χ1) is 14.0. The van der Waals surface area contributed by atoms with Crippen molar-refractivity contribution in [2.75, 3.05) is 6.61 Å². The van der Waals surface area contributed by atoms with Crippen molar-refractivity contribution in [2.45, 2.75) is 51.8 Å². The molecule has 0 saturated carbocycles. The van der Waals surface area contributed by atoms with E-state index in [1.54, 1.807) is 18.5 Å². The van der Waals surface area contributed by atoms with Crippen LogP contribution in [0.3, 0.4) is 0 Å². The average Bonchev–Trinajstić information content (AvgIpc) is 2.73. The van der Waals surface area contributed by atoms with Crippen LogP contribution in [0.15, 0.2) is 53.9 Å². The van der Waals surface area contributed by atoms with E-state index in [0.717, 1.165) is 24.8 Å². The molecule has 1 aliphatic heterocycles. The molecule has 7 heteroatoms. The highest BCUT2D eigenvalue weighted by Gasteiger charge is 2.29. The third kappa shape index (κ3) is 5.70. The van der Waals surface area contributed by atoms with Gasteiger partial charge in [-0.25, -0.2) is 0 Å². The Balaban J connectivity index is 1.54. The number of piperidine rings is 1. The van der Waals surface area contributed by atoms with Gasteiger partial charge in [-0.2, -0.15) is 0 Å². The van der Waals surface area contributed by atoms with Crippen molar-refractivity contribution >= 4 is 11.7 Å². The number of amides is 1. The number of nitrogens with zero attached hydrogens (tertiary/aromatic N) is 3. The molecule has 0 radical (unpaired) electrons. The Hall–Kier alpha value is -3.09. The van der Waals surface area contributed by atoms with Gasteiger partial charge in [-0.3, -0.25) is 9.78 Å². The fourth-order valence-electron chi connectivity index (χ4n) is 3.59. The van der Waals surface area contributed by atoms with Crippen molar-refractivity contribution in [3.05, 3.63) is 59.9 Å². The number of hydrogen-bond donors (Lipinski definition) is 1. The molecule has 154 valence electrons. The Kier molecular flexibility index (Phi) is 7.05. The zero-order valence-electron chi connectivity index (χ0n) is 17.0. The summed E-state index contributed by atoms with van der Waals surface area (Å²) in [6.45, 7) is 4.43. The van der Waals surface area contributed by atoms with Crippen LogP contribution in [0.2, 0.25) is 0 Å². The van der Waals surface area contributed by atoms with Crippen LogP contribution in [0.25, 0.3) is 0 Å². The first-order valence-corrected chi connectivity index (χ1v) is 9.93. The smallest absolute Gasteiger partial charge is 0.263 e. The Bertz CT molecular complexity index is 831. The summed E-state index contributed by atoms with van der Waals surface area (Å²) in [4.78, 5) is 23.7. The van der Waals surface area contributed by atoms with Gasteiger partial charge in [0.2, 0.25) is 0 Å². The van der Waals surface area contributed by atoms with Crippen molar-refractivity contribution in [1.29, 1.82) is 0 Å². The summed E-state index contributed by atoms with van der Waals surface area (Å²) < 4.78 is 5.78. The number of aromatic nitrogens is 1. The predicted octanol–water partition coefficient (Wildman–Crippen LogP) is 3.09. The number of benzene rings is 1. The molecule has 29 heavy (non-hydrogen) atoms. The fraction of sp³-hybridized carbons (Fsp3) is 0.409. The van der Waals surface area contributed by atoms with Crippen LogP contribution < -0.4 is 10.5 Å². The Labute approximate surface area is 171 Å². The predicted molar refractivity (Wildman–Crippen MR) is 111 cm³/mol. The van der Waals surface area contributed by atoms with Gasteiger partial charge in [0.15, 0.2) is 12.4 Å². The molecule has 2 atom stereocenters. The highest BCUT2D eigenvalue weighted by Crippen LogP contribution is 2.22. The Morgan fingerprint density at radius 2 is 2.03 bits per heavy atom. The lowest BCUT2D eigenvalue weighted by Gasteiger charge is -2.38. The van der Waals surface area contributed by atoms with Crippen molar-refractivity contribution in [1.82, 2.24) is 9.88 Å². The molecule has 1 aliphatic rings. The number of rotatable bonds is 7. The van der Waals surface area contributed by atoms with Gasteiger partial charge in [-0.1, -0.05) is 23.4 Å². The number of likely N-dealkylation sites (tertiary alicyclic amines) is 1. The molecule has 2 unspecified atom stereocenters. The largest absolute Gasteiger partial charge is 0.489 e. The lowest BCUT2D eigenvalue weighted by Crippen LogP contribution is -2.48. The molecule has 0 aliphatic carbocycles. The fourth-order valence-corrected chi connectivity index (χ4v) is 3.59. The molecule has 2 N–H and O–H groups in total. The van der Waals surface area contributed by atoms with Gasteiger partial charge in [0.05, 0.1) is 0 Å². The first-order valence-electron chi connectivity index (χ1n) is 9.93. The molecular weight excluding hydrogens is 368 g/mol. The summed E-state index contributed by atoms with van der Waals surface area (Å²) in [6, 6.07) is 11.5. The van der Waals surface area contributed by atoms with Crippen LogP contribution >= 0.6 is 0 Å². The number of ether oxygens (including phenoxy) is 1.